The SMILES string of the molecule is CCOC(=O)c1cc2n(n1)CCC(CO)CO2. The van der Waals surface area contributed by atoms with Gasteiger partial charge in [0, 0.05) is 25.1 Å². The van der Waals surface area contributed by atoms with Crippen molar-refractivity contribution in [2.75, 3.05) is 19.8 Å². The number of rotatable bonds is 3. The minimum absolute atomic E-state index is 0.107. The molecule has 0 fully saturated rings. The molecule has 2 heterocycles. The van der Waals surface area contributed by atoms with Crippen molar-refractivity contribution in [3.05, 3.63) is 11.8 Å². The number of fused-ring (bicyclic) bond motifs is 1. The molecule has 1 aromatic heterocycles. The number of aliphatic hydroxyl groups is 1. The van der Waals surface area contributed by atoms with Gasteiger partial charge in [0.25, 0.3) is 0 Å². The average Bonchev–Trinajstić information content (AvgIpc) is 2.64. The summed E-state index contributed by atoms with van der Waals surface area (Å²) < 4.78 is 12.0. The van der Waals surface area contributed by atoms with Crippen molar-refractivity contribution in [2.24, 2.45) is 5.92 Å². The zero-order valence-corrected chi connectivity index (χ0v) is 9.76. The number of nitrogens with zero attached hydrogens (tertiary/aromatic N) is 2. The minimum Gasteiger partial charge on any atom is -0.477 e. The normalized spacial score (nSPS) is 19.1. The van der Waals surface area contributed by atoms with Gasteiger partial charge in [0.05, 0.1) is 13.2 Å². The number of esters is 1. The molecule has 0 aliphatic carbocycles. The molecule has 1 aliphatic heterocycles. The summed E-state index contributed by atoms with van der Waals surface area (Å²) in [6.45, 7) is 3.27. The van der Waals surface area contributed by atoms with Crippen LogP contribution >= 0.6 is 0 Å². The molecule has 94 valence electrons. The lowest BCUT2D eigenvalue weighted by atomic mass is 10.1. The summed E-state index contributed by atoms with van der Waals surface area (Å²) >= 11 is 0. The highest BCUT2D eigenvalue weighted by Gasteiger charge is 2.21. The maximum absolute atomic E-state index is 11.5. The maximum Gasteiger partial charge on any atom is 0.358 e. The number of aromatic nitrogens is 2. The number of aryl methyl sites for hydroxylation is 1. The number of hydrogen-bond donors (Lipinski definition) is 1. The van der Waals surface area contributed by atoms with Gasteiger partial charge >= 0.3 is 5.97 Å². The van der Waals surface area contributed by atoms with Gasteiger partial charge in [-0.3, -0.25) is 0 Å². The largest absolute Gasteiger partial charge is 0.477 e. The quantitative estimate of drug-likeness (QED) is 0.776. The Balaban J connectivity index is 2.11. The molecule has 0 aromatic carbocycles. The lowest BCUT2D eigenvalue weighted by Crippen LogP contribution is -2.14. The molecule has 1 unspecified atom stereocenters. The molecule has 0 amide bonds. The smallest absolute Gasteiger partial charge is 0.358 e. The van der Waals surface area contributed by atoms with Gasteiger partial charge in [0.2, 0.25) is 5.88 Å². The minimum atomic E-state index is -0.435. The summed E-state index contributed by atoms with van der Waals surface area (Å²) in [5, 5.41) is 13.2. The van der Waals surface area contributed by atoms with Gasteiger partial charge in [-0.2, -0.15) is 5.10 Å². The molecule has 2 rings (SSSR count). The van der Waals surface area contributed by atoms with Crippen molar-refractivity contribution >= 4 is 5.97 Å². The monoisotopic (exact) mass is 240 g/mol. The van der Waals surface area contributed by atoms with E-state index in [1.807, 2.05) is 0 Å². The summed E-state index contributed by atoms with van der Waals surface area (Å²) in [5.74, 6) is 0.252. The zero-order valence-electron chi connectivity index (χ0n) is 9.76. The summed E-state index contributed by atoms with van der Waals surface area (Å²) in [7, 11) is 0. The highest BCUT2D eigenvalue weighted by Crippen LogP contribution is 2.21. The third-order valence-electron chi connectivity index (χ3n) is 2.70. The van der Waals surface area contributed by atoms with E-state index in [1.165, 1.54) is 0 Å². The number of aliphatic hydroxyl groups excluding tert-OH is 1. The molecule has 1 atom stereocenters. The van der Waals surface area contributed by atoms with Crippen LogP contribution in [0.25, 0.3) is 0 Å². The Hall–Kier alpha value is -1.56. The molecule has 1 aromatic rings. The van der Waals surface area contributed by atoms with Gasteiger partial charge in [-0.1, -0.05) is 0 Å². The summed E-state index contributed by atoms with van der Waals surface area (Å²) in [6.07, 6.45) is 0.785. The molecule has 0 bridgehead atoms. The van der Waals surface area contributed by atoms with Crippen LogP contribution in [0, 0.1) is 5.92 Å². The Kier molecular flexibility index (Phi) is 3.63. The molecule has 6 nitrogen and oxygen atoms in total. The van der Waals surface area contributed by atoms with Gasteiger partial charge in [-0.05, 0) is 13.3 Å². The summed E-state index contributed by atoms with van der Waals surface area (Å²) in [4.78, 5) is 11.5. The fourth-order valence-electron chi connectivity index (χ4n) is 1.72. The predicted molar refractivity (Wildman–Crippen MR) is 58.9 cm³/mol. The van der Waals surface area contributed by atoms with Crippen LogP contribution in [0.5, 0.6) is 5.88 Å². The second-order valence-corrected chi connectivity index (χ2v) is 3.96. The van der Waals surface area contributed by atoms with Gasteiger partial charge in [-0.15, -0.1) is 0 Å². The van der Waals surface area contributed by atoms with Crippen LogP contribution in [0.1, 0.15) is 23.8 Å². The van der Waals surface area contributed by atoms with E-state index in [-0.39, 0.29) is 18.2 Å². The first kappa shape index (κ1) is 11.9. The van der Waals surface area contributed by atoms with Crippen LogP contribution < -0.4 is 4.74 Å². The van der Waals surface area contributed by atoms with E-state index >= 15 is 0 Å². The van der Waals surface area contributed by atoms with Crippen molar-refractivity contribution in [1.82, 2.24) is 9.78 Å². The van der Waals surface area contributed by atoms with E-state index in [4.69, 9.17) is 14.6 Å². The van der Waals surface area contributed by atoms with Gasteiger partial charge in [-0.25, -0.2) is 9.48 Å². The second kappa shape index (κ2) is 5.18. The molecule has 6 heteroatoms. The van der Waals surface area contributed by atoms with E-state index in [0.29, 0.717) is 25.6 Å². The Bertz CT molecular complexity index is 377. The first-order valence-electron chi connectivity index (χ1n) is 5.73. The number of carbonyl (C=O) groups is 1. The molecule has 17 heavy (non-hydrogen) atoms. The van der Waals surface area contributed by atoms with Crippen molar-refractivity contribution in [1.29, 1.82) is 0 Å². The average molecular weight is 240 g/mol. The summed E-state index contributed by atoms with van der Waals surface area (Å²) in [5.41, 5.74) is 0.268. The van der Waals surface area contributed by atoms with Gasteiger partial charge < -0.3 is 14.6 Å². The number of carbonyl (C=O) groups excluding carboxylic acids is 1. The Morgan fingerprint density at radius 3 is 3.29 bits per heavy atom. The molecule has 0 saturated heterocycles. The van der Waals surface area contributed by atoms with Crippen molar-refractivity contribution in [2.45, 2.75) is 19.9 Å². The fraction of sp³-hybridized carbons (Fsp3) is 0.636. The van der Waals surface area contributed by atoms with Crippen LogP contribution in [-0.4, -0.2) is 40.7 Å². The third kappa shape index (κ3) is 2.58. The molecule has 1 aliphatic rings. The second-order valence-electron chi connectivity index (χ2n) is 3.96. The first-order valence-corrected chi connectivity index (χ1v) is 5.73. The number of ether oxygens (including phenoxy) is 2. The van der Waals surface area contributed by atoms with Crippen LogP contribution in [0.2, 0.25) is 0 Å². The molecule has 0 radical (unpaired) electrons. The Morgan fingerprint density at radius 1 is 1.76 bits per heavy atom. The van der Waals surface area contributed by atoms with Crippen LogP contribution in [-0.2, 0) is 11.3 Å². The highest BCUT2D eigenvalue weighted by atomic mass is 16.5. The molecule has 0 saturated carbocycles. The summed E-state index contributed by atoms with van der Waals surface area (Å²) in [6, 6.07) is 1.58. The topological polar surface area (TPSA) is 73.6 Å². The van der Waals surface area contributed by atoms with Crippen molar-refractivity contribution in [3.8, 4) is 5.88 Å². The van der Waals surface area contributed by atoms with Crippen molar-refractivity contribution < 1.29 is 19.4 Å². The lowest BCUT2D eigenvalue weighted by Gasteiger charge is -2.08. The van der Waals surface area contributed by atoms with E-state index in [1.54, 1.807) is 17.7 Å². The maximum atomic E-state index is 11.5. The highest BCUT2D eigenvalue weighted by molar-refractivity contribution is 5.87. The van der Waals surface area contributed by atoms with E-state index in [2.05, 4.69) is 5.10 Å². The van der Waals surface area contributed by atoms with E-state index in [0.717, 1.165) is 6.42 Å². The molecule has 0 spiro atoms. The Labute approximate surface area is 99.1 Å². The molecular weight excluding hydrogens is 224 g/mol. The van der Waals surface area contributed by atoms with Crippen LogP contribution in [0.4, 0.5) is 0 Å². The Morgan fingerprint density at radius 2 is 2.59 bits per heavy atom. The predicted octanol–water partition coefficient (Wildman–Crippen LogP) is 0.451. The van der Waals surface area contributed by atoms with Crippen molar-refractivity contribution in [3.63, 3.8) is 0 Å². The number of hydrogen-bond acceptors (Lipinski definition) is 5. The first-order chi connectivity index (χ1) is 8.24. The third-order valence-corrected chi connectivity index (χ3v) is 2.70. The zero-order chi connectivity index (χ0) is 12.3. The molecule has 1 N–H and O–H groups in total. The van der Waals surface area contributed by atoms with Gasteiger partial charge in [0.1, 0.15) is 0 Å². The van der Waals surface area contributed by atoms with E-state index < -0.39 is 5.97 Å². The van der Waals surface area contributed by atoms with Crippen LogP contribution in [0.3, 0.4) is 0 Å². The standard InChI is InChI=1S/C11H16N2O4/c1-2-16-11(15)9-5-10-13(12-9)4-3-8(6-14)7-17-10/h5,8,14H,2-4,6-7H2,1H3. The molecular formula is C11H16N2O4. The fourth-order valence-corrected chi connectivity index (χ4v) is 1.72. The van der Waals surface area contributed by atoms with Gasteiger partial charge in [0.15, 0.2) is 5.69 Å². The lowest BCUT2D eigenvalue weighted by molar-refractivity contribution is 0.0518. The van der Waals surface area contributed by atoms with E-state index in [9.17, 15) is 4.79 Å². The van der Waals surface area contributed by atoms with Crippen LogP contribution in [0.15, 0.2) is 6.07 Å².